The maximum absolute atomic E-state index is 11.1. The molecule has 0 aliphatic rings. The summed E-state index contributed by atoms with van der Waals surface area (Å²) < 4.78 is 6.65. The van der Waals surface area contributed by atoms with Crippen LogP contribution in [-0.4, -0.2) is 12.6 Å². The zero-order valence-electron chi connectivity index (χ0n) is 8.64. The molecule has 1 rings (SSSR count). The molecule has 1 aromatic heterocycles. The topological polar surface area (TPSA) is 54.0 Å². The summed E-state index contributed by atoms with van der Waals surface area (Å²) in [7, 11) is 0. The van der Waals surface area contributed by atoms with Crippen molar-refractivity contribution in [3.8, 4) is 6.07 Å². The van der Waals surface area contributed by atoms with Gasteiger partial charge in [0.05, 0.1) is 18.2 Å². The Balaban J connectivity index is 2.45. The highest BCUT2D eigenvalue weighted by atomic mass is 16.5. The van der Waals surface area contributed by atoms with Crippen molar-refractivity contribution in [1.29, 1.82) is 5.26 Å². The maximum Gasteiger partial charge on any atom is 0.312 e. The van der Waals surface area contributed by atoms with E-state index in [1.807, 2.05) is 10.6 Å². The van der Waals surface area contributed by atoms with E-state index in [9.17, 15) is 4.79 Å². The molecule has 1 aromatic rings. The van der Waals surface area contributed by atoms with Crippen LogP contribution in [0.2, 0.25) is 0 Å². The number of esters is 1. The number of rotatable bonds is 4. The van der Waals surface area contributed by atoms with Gasteiger partial charge in [0.25, 0.3) is 0 Å². The van der Waals surface area contributed by atoms with E-state index in [1.54, 1.807) is 31.5 Å². The van der Waals surface area contributed by atoms with E-state index in [1.165, 1.54) is 0 Å². The molecule has 0 N–H and O–H groups in total. The van der Waals surface area contributed by atoms with E-state index in [2.05, 4.69) is 0 Å². The molecule has 78 valence electrons. The van der Waals surface area contributed by atoms with Crippen molar-refractivity contribution >= 4 is 5.97 Å². The molecule has 15 heavy (non-hydrogen) atoms. The third-order valence-corrected chi connectivity index (χ3v) is 1.90. The summed E-state index contributed by atoms with van der Waals surface area (Å²) in [5.74, 6) is -0.200. The molecular formula is C11H13N2O2+. The average Bonchev–Trinajstić information content (AvgIpc) is 2.27. The highest BCUT2D eigenvalue weighted by Gasteiger charge is 2.06. The van der Waals surface area contributed by atoms with Crippen LogP contribution in [0.15, 0.2) is 24.5 Å². The third-order valence-electron chi connectivity index (χ3n) is 1.90. The van der Waals surface area contributed by atoms with Crippen LogP contribution >= 0.6 is 0 Å². The van der Waals surface area contributed by atoms with E-state index in [4.69, 9.17) is 10.00 Å². The molecule has 0 atom stereocenters. The molecule has 0 unspecified atom stereocenters. The van der Waals surface area contributed by atoms with Crippen LogP contribution in [0.4, 0.5) is 0 Å². The Morgan fingerprint density at radius 2 is 2.20 bits per heavy atom. The minimum Gasteiger partial charge on any atom is -0.466 e. The number of nitriles is 1. The van der Waals surface area contributed by atoms with Crippen molar-refractivity contribution in [3.05, 3.63) is 30.1 Å². The fourth-order valence-corrected chi connectivity index (χ4v) is 1.13. The van der Waals surface area contributed by atoms with Crippen molar-refractivity contribution in [3.63, 3.8) is 0 Å². The molecule has 0 saturated carbocycles. The third kappa shape index (κ3) is 3.77. The van der Waals surface area contributed by atoms with Crippen LogP contribution in [0.25, 0.3) is 0 Å². The molecule has 0 saturated heterocycles. The summed E-state index contributed by atoms with van der Waals surface area (Å²) in [6, 6.07) is 5.46. The first kappa shape index (κ1) is 11.2. The van der Waals surface area contributed by atoms with Gasteiger partial charge in [0, 0.05) is 12.1 Å². The predicted octanol–water partition coefficient (Wildman–Crippen LogP) is 0.799. The zero-order valence-corrected chi connectivity index (χ0v) is 8.64. The summed E-state index contributed by atoms with van der Waals surface area (Å²) in [6.45, 7) is 2.77. The van der Waals surface area contributed by atoms with E-state index in [0.717, 1.165) is 0 Å². The van der Waals surface area contributed by atoms with Gasteiger partial charge in [-0.25, -0.2) is 4.57 Å². The molecule has 4 heteroatoms. The lowest BCUT2D eigenvalue weighted by atomic mass is 10.3. The number of ether oxygens (including phenoxy) is 1. The van der Waals surface area contributed by atoms with Crippen molar-refractivity contribution in [2.24, 2.45) is 0 Å². The molecule has 0 fully saturated rings. The van der Waals surface area contributed by atoms with Gasteiger partial charge >= 0.3 is 5.97 Å². The normalized spacial score (nSPS) is 9.33. The number of pyridine rings is 1. The SMILES string of the molecule is CCOC(=O)CC[n+]1ccc(C#N)cc1. The smallest absolute Gasteiger partial charge is 0.312 e. The van der Waals surface area contributed by atoms with Crippen LogP contribution in [0.5, 0.6) is 0 Å². The molecular weight excluding hydrogens is 192 g/mol. The first-order chi connectivity index (χ1) is 7.26. The van der Waals surface area contributed by atoms with Crippen LogP contribution in [0.1, 0.15) is 18.9 Å². The zero-order chi connectivity index (χ0) is 11.1. The standard InChI is InChI=1S/C11H13N2O2/c1-2-15-11(14)5-8-13-6-3-10(9-12)4-7-13/h3-4,6-7H,2,5,8H2,1H3/q+1. The van der Waals surface area contributed by atoms with E-state index in [-0.39, 0.29) is 5.97 Å². The second-order valence-corrected chi connectivity index (χ2v) is 2.99. The summed E-state index contributed by atoms with van der Waals surface area (Å²) >= 11 is 0. The Morgan fingerprint density at radius 1 is 1.53 bits per heavy atom. The van der Waals surface area contributed by atoms with Crippen LogP contribution < -0.4 is 4.57 Å². The number of aryl methyl sites for hydroxylation is 1. The first-order valence-electron chi connectivity index (χ1n) is 4.81. The Kier molecular flexibility index (Phi) is 4.30. The molecule has 0 aliphatic carbocycles. The van der Waals surface area contributed by atoms with Crippen molar-refractivity contribution in [2.75, 3.05) is 6.61 Å². The van der Waals surface area contributed by atoms with Crippen molar-refractivity contribution in [2.45, 2.75) is 19.9 Å². The van der Waals surface area contributed by atoms with Crippen LogP contribution in [0.3, 0.4) is 0 Å². The van der Waals surface area contributed by atoms with Gasteiger partial charge < -0.3 is 4.74 Å². The fourth-order valence-electron chi connectivity index (χ4n) is 1.13. The molecule has 0 radical (unpaired) electrons. The molecule has 1 heterocycles. The van der Waals surface area contributed by atoms with Crippen LogP contribution in [-0.2, 0) is 16.1 Å². The van der Waals surface area contributed by atoms with Gasteiger partial charge in [-0.3, -0.25) is 4.79 Å². The summed E-state index contributed by atoms with van der Waals surface area (Å²) in [5.41, 5.74) is 0.613. The van der Waals surface area contributed by atoms with Crippen LogP contribution in [0, 0.1) is 11.3 Å². The number of hydrogen-bond acceptors (Lipinski definition) is 3. The minimum absolute atomic E-state index is 0.200. The molecule has 0 aliphatic heterocycles. The highest BCUT2D eigenvalue weighted by Crippen LogP contribution is 1.92. The largest absolute Gasteiger partial charge is 0.466 e. The lowest BCUT2D eigenvalue weighted by Crippen LogP contribution is -2.34. The molecule has 0 bridgehead atoms. The van der Waals surface area contributed by atoms with E-state index in [0.29, 0.717) is 25.1 Å². The number of hydrogen-bond donors (Lipinski definition) is 0. The Labute approximate surface area is 88.7 Å². The molecule has 0 spiro atoms. The molecule has 0 aromatic carbocycles. The van der Waals surface area contributed by atoms with Gasteiger partial charge in [-0.2, -0.15) is 5.26 Å². The van der Waals surface area contributed by atoms with Crippen molar-refractivity contribution in [1.82, 2.24) is 0 Å². The number of nitrogens with zero attached hydrogens (tertiary/aromatic N) is 2. The van der Waals surface area contributed by atoms with Gasteiger partial charge in [0.2, 0.25) is 0 Å². The molecule has 4 nitrogen and oxygen atoms in total. The molecule has 0 amide bonds. The van der Waals surface area contributed by atoms with Gasteiger partial charge in [-0.15, -0.1) is 0 Å². The Morgan fingerprint density at radius 3 is 2.73 bits per heavy atom. The lowest BCUT2D eigenvalue weighted by Gasteiger charge is -1.98. The summed E-state index contributed by atoms with van der Waals surface area (Å²) in [5, 5.41) is 8.58. The average molecular weight is 205 g/mol. The minimum atomic E-state index is -0.200. The quantitative estimate of drug-likeness (QED) is 0.539. The van der Waals surface area contributed by atoms with E-state index < -0.39 is 0 Å². The fraction of sp³-hybridized carbons (Fsp3) is 0.364. The predicted molar refractivity (Wildman–Crippen MR) is 52.6 cm³/mol. The van der Waals surface area contributed by atoms with Crippen molar-refractivity contribution < 1.29 is 14.1 Å². The van der Waals surface area contributed by atoms with Gasteiger partial charge in [0.15, 0.2) is 18.9 Å². The summed E-state index contributed by atoms with van der Waals surface area (Å²) in [4.78, 5) is 11.1. The monoisotopic (exact) mass is 205 g/mol. The Bertz CT molecular complexity index is 365. The number of carbonyl (C=O) groups excluding carboxylic acids is 1. The second-order valence-electron chi connectivity index (χ2n) is 2.99. The highest BCUT2D eigenvalue weighted by molar-refractivity contribution is 5.68. The summed E-state index contributed by atoms with van der Waals surface area (Å²) in [6.07, 6.45) is 3.90. The van der Waals surface area contributed by atoms with Gasteiger partial charge in [0.1, 0.15) is 6.42 Å². The first-order valence-corrected chi connectivity index (χ1v) is 4.81. The maximum atomic E-state index is 11.1. The second kappa shape index (κ2) is 5.76. The van der Waals surface area contributed by atoms with Gasteiger partial charge in [-0.1, -0.05) is 0 Å². The van der Waals surface area contributed by atoms with E-state index >= 15 is 0 Å². The Hall–Kier alpha value is -1.89. The van der Waals surface area contributed by atoms with Gasteiger partial charge in [-0.05, 0) is 6.92 Å². The number of aromatic nitrogens is 1. The lowest BCUT2D eigenvalue weighted by molar-refractivity contribution is -0.696. The number of carbonyl (C=O) groups is 1.